The number of aliphatic hydroxyl groups excluding tert-OH is 4. The van der Waals surface area contributed by atoms with Crippen LogP contribution in [0.15, 0.2) is 0 Å². The van der Waals surface area contributed by atoms with Gasteiger partial charge in [0.15, 0.2) is 0 Å². The van der Waals surface area contributed by atoms with Crippen LogP contribution in [-0.2, 0) is 4.74 Å². The van der Waals surface area contributed by atoms with Crippen molar-refractivity contribution in [3.05, 3.63) is 0 Å². The van der Waals surface area contributed by atoms with E-state index in [0.717, 1.165) is 0 Å². The molecule has 0 saturated carbocycles. The fraction of sp³-hybridized carbons (Fsp3) is 1.00. The Balaban J connectivity index is 2.66. The van der Waals surface area contributed by atoms with Gasteiger partial charge in [-0.3, -0.25) is 0 Å². The third-order valence-electron chi connectivity index (χ3n) is 1.94. The second-order valence-electron chi connectivity index (χ2n) is 2.79. The Morgan fingerprint density at radius 1 is 1.15 bits per heavy atom. The summed E-state index contributed by atoms with van der Waals surface area (Å²) < 4.78 is 5.13. The molecule has 5 nitrogen and oxygen atoms in total. The number of hydrogen-bond acceptors (Lipinski definition) is 6. The van der Waals surface area contributed by atoms with Gasteiger partial charge in [-0.25, -0.2) is 0 Å². The second kappa shape index (κ2) is 5.10. The molecule has 0 bridgehead atoms. The zero-order chi connectivity index (χ0) is 10.0. The van der Waals surface area contributed by atoms with E-state index in [0.29, 0.717) is 0 Å². The Kier molecular flexibility index (Phi) is 4.69. The molecule has 0 aromatic heterocycles. The van der Waals surface area contributed by atoms with Gasteiger partial charge in [0.25, 0.3) is 0 Å². The van der Waals surface area contributed by atoms with Gasteiger partial charge >= 0.3 is 0 Å². The van der Waals surface area contributed by atoms with Crippen LogP contribution in [0.3, 0.4) is 0 Å². The van der Waals surface area contributed by atoms with Crippen molar-refractivity contribution in [3.63, 3.8) is 0 Å². The van der Waals surface area contributed by atoms with Crippen molar-refractivity contribution in [2.45, 2.75) is 29.9 Å². The van der Waals surface area contributed by atoms with Crippen LogP contribution >= 0.6 is 30.1 Å². The first-order valence-electron chi connectivity index (χ1n) is 3.69. The summed E-state index contributed by atoms with van der Waals surface area (Å²) in [5.41, 5.74) is -0.615. The highest BCUT2D eigenvalue weighted by atomic mass is 127. The van der Waals surface area contributed by atoms with Gasteiger partial charge < -0.3 is 25.2 Å². The fourth-order valence-electron chi connectivity index (χ4n) is 1.14. The van der Waals surface area contributed by atoms with Crippen LogP contribution in [0.4, 0.5) is 0 Å². The Bertz CT molecular complexity index is 151. The topological polar surface area (TPSA) is 90.2 Å². The predicted octanol–water partition coefficient (Wildman–Crippen LogP) is -1.13. The molecule has 0 aromatic rings. The minimum absolute atomic E-state index is 0.376. The summed E-state index contributed by atoms with van der Waals surface area (Å²) in [7, 11) is 1.19. The fourth-order valence-corrected chi connectivity index (χ4v) is 2.85. The molecule has 4 N–H and O–H groups in total. The van der Waals surface area contributed by atoms with Gasteiger partial charge in [-0.2, -0.15) is 0 Å². The summed E-state index contributed by atoms with van der Waals surface area (Å²) in [6.07, 6.45) is -4.46. The monoisotopic (exact) mass is 322 g/mol. The standard InChI is InChI=1S/C6H11IO5S/c7-13-6-5(11)4(10)3(9)2(1-8)12-6/h2-6,8-11H,1H2/t2?,3-,4?,5?,6+/m1/s1. The molecule has 13 heavy (non-hydrogen) atoms. The van der Waals surface area contributed by atoms with E-state index in [1.807, 2.05) is 21.2 Å². The molecule has 78 valence electrons. The Labute approximate surface area is 91.7 Å². The summed E-state index contributed by atoms with van der Waals surface area (Å²) in [5, 5.41) is 36.8. The molecule has 0 aliphatic carbocycles. The highest BCUT2D eigenvalue weighted by Crippen LogP contribution is 2.31. The first-order chi connectivity index (χ1) is 6.11. The quantitative estimate of drug-likeness (QED) is 0.481. The second-order valence-corrected chi connectivity index (χ2v) is 4.95. The molecule has 0 aromatic carbocycles. The van der Waals surface area contributed by atoms with Gasteiger partial charge in [0, 0.05) is 0 Å². The van der Waals surface area contributed by atoms with E-state index < -0.39 is 29.9 Å². The molecule has 0 spiro atoms. The molecule has 1 saturated heterocycles. The summed E-state index contributed by atoms with van der Waals surface area (Å²) in [4.78, 5) is 0. The van der Waals surface area contributed by atoms with Crippen LogP contribution in [0.2, 0.25) is 0 Å². The highest BCUT2D eigenvalue weighted by Gasteiger charge is 2.43. The maximum absolute atomic E-state index is 9.38. The minimum atomic E-state index is -1.27. The number of aliphatic hydroxyl groups is 4. The highest BCUT2D eigenvalue weighted by molar-refractivity contribution is 14.2. The third kappa shape index (κ3) is 2.46. The minimum Gasteiger partial charge on any atom is -0.394 e. The van der Waals surface area contributed by atoms with Crippen molar-refractivity contribution in [2.75, 3.05) is 6.61 Å². The van der Waals surface area contributed by atoms with E-state index in [1.165, 1.54) is 8.93 Å². The van der Waals surface area contributed by atoms with Crippen molar-refractivity contribution in [2.24, 2.45) is 0 Å². The molecule has 3 unspecified atom stereocenters. The molecule has 5 atom stereocenters. The van der Waals surface area contributed by atoms with Crippen molar-refractivity contribution in [1.29, 1.82) is 0 Å². The van der Waals surface area contributed by atoms with E-state index in [2.05, 4.69) is 0 Å². The molecule has 1 rings (SSSR count). The van der Waals surface area contributed by atoms with Crippen molar-refractivity contribution >= 4 is 30.1 Å². The number of ether oxygens (including phenoxy) is 1. The molecule has 1 heterocycles. The maximum atomic E-state index is 9.38. The van der Waals surface area contributed by atoms with Crippen LogP contribution < -0.4 is 0 Å². The smallest absolute Gasteiger partial charge is 0.141 e. The Morgan fingerprint density at radius 2 is 1.77 bits per heavy atom. The number of halogens is 1. The van der Waals surface area contributed by atoms with Crippen LogP contribution in [-0.4, -0.2) is 56.9 Å². The van der Waals surface area contributed by atoms with Gasteiger partial charge in [0.2, 0.25) is 0 Å². The predicted molar refractivity (Wildman–Crippen MR) is 55.4 cm³/mol. The van der Waals surface area contributed by atoms with E-state index >= 15 is 0 Å². The zero-order valence-electron chi connectivity index (χ0n) is 6.58. The largest absolute Gasteiger partial charge is 0.394 e. The molecule has 1 aliphatic heterocycles. The molecule has 1 fully saturated rings. The summed E-state index contributed by atoms with van der Waals surface area (Å²) in [6, 6.07) is 0. The van der Waals surface area contributed by atoms with E-state index in [1.54, 1.807) is 0 Å². The van der Waals surface area contributed by atoms with Crippen molar-refractivity contribution in [1.82, 2.24) is 0 Å². The van der Waals surface area contributed by atoms with Crippen LogP contribution in [0.1, 0.15) is 0 Å². The molecule has 0 radical (unpaired) electrons. The van der Waals surface area contributed by atoms with Gasteiger partial charge in [-0.15, -0.1) is 0 Å². The lowest BCUT2D eigenvalue weighted by Gasteiger charge is -2.38. The third-order valence-corrected chi connectivity index (χ3v) is 4.01. The Morgan fingerprint density at radius 3 is 2.23 bits per heavy atom. The molecule has 1 aliphatic rings. The van der Waals surface area contributed by atoms with Crippen molar-refractivity contribution in [3.8, 4) is 0 Å². The van der Waals surface area contributed by atoms with Crippen LogP contribution in [0.5, 0.6) is 0 Å². The molecular formula is C6H11IO5S. The molecular weight excluding hydrogens is 311 g/mol. The van der Waals surface area contributed by atoms with Crippen LogP contribution in [0, 0.1) is 0 Å². The van der Waals surface area contributed by atoms with Gasteiger partial charge in [-0.1, -0.05) is 8.93 Å². The molecule has 7 heteroatoms. The average molecular weight is 322 g/mol. The first kappa shape index (κ1) is 12.0. The zero-order valence-corrected chi connectivity index (χ0v) is 9.55. The summed E-state index contributed by atoms with van der Waals surface area (Å²) in [5.74, 6) is 0. The van der Waals surface area contributed by atoms with E-state index in [4.69, 9.17) is 9.84 Å². The lowest BCUT2D eigenvalue weighted by atomic mass is 10.0. The average Bonchev–Trinajstić information content (AvgIpc) is 2.15. The van der Waals surface area contributed by atoms with E-state index in [-0.39, 0.29) is 6.61 Å². The molecule has 0 amide bonds. The Hall–Kier alpha value is 0.880. The number of rotatable bonds is 2. The van der Waals surface area contributed by atoms with E-state index in [9.17, 15) is 15.3 Å². The van der Waals surface area contributed by atoms with Crippen LogP contribution in [0.25, 0.3) is 0 Å². The lowest BCUT2D eigenvalue weighted by molar-refractivity contribution is -0.205. The van der Waals surface area contributed by atoms with Gasteiger partial charge in [0.05, 0.1) is 6.61 Å². The number of hydrogen-bond donors (Lipinski definition) is 4. The maximum Gasteiger partial charge on any atom is 0.141 e. The van der Waals surface area contributed by atoms with Crippen molar-refractivity contribution < 1.29 is 25.2 Å². The van der Waals surface area contributed by atoms with Gasteiger partial charge in [0.1, 0.15) is 29.9 Å². The normalized spacial score (nSPS) is 46.4. The first-order valence-corrected chi connectivity index (χ1v) is 7.12. The summed E-state index contributed by atoms with van der Waals surface area (Å²) >= 11 is 1.92. The van der Waals surface area contributed by atoms with Gasteiger partial charge in [-0.05, 0) is 21.2 Å². The SMILES string of the molecule is OCC1O[C@@H](SI)C(O)C(O)[C@@H]1O. The summed E-state index contributed by atoms with van der Waals surface area (Å²) in [6.45, 7) is -0.376. The lowest BCUT2D eigenvalue weighted by Crippen LogP contribution is -2.57.